The van der Waals surface area contributed by atoms with Crippen LogP contribution in [-0.4, -0.2) is 27.7 Å². The lowest BCUT2D eigenvalue weighted by molar-refractivity contribution is 0.285. The van der Waals surface area contributed by atoms with E-state index in [0.717, 1.165) is 16.9 Å². The third-order valence-electron chi connectivity index (χ3n) is 3.17. The monoisotopic (exact) mass is 327 g/mol. The molecule has 7 heteroatoms. The van der Waals surface area contributed by atoms with Gasteiger partial charge in [-0.25, -0.2) is 8.42 Å². The van der Waals surface area contributed by atoms with Crippen LogP contribution in [0.5, 0.6) is 5.75 Å². The Morgan fingerprint density at radius 2 is 2.05 bits per heavy atom. The average Bonchev–Trinajstić information content (AvgIpc) is 2.88. The van der Waals surface area contributed by atoms with Gasteiger partial charge in [-0.05, 0) is 30.7 Å². The van der Waals surface area contributed by atoms with E-state index < -0.39 is 10.0 Å². The third kappa shape index (κ3) is 3.04. The smallest absolute Gasteiger partial charge is 0.273 e. The second-order valence-corrected chi connectivity index (χ2v) is 7.84. The Bertz CT molecular complexity index is 737. The van der Waals surface area contributed by atoms with E-state index in [0.29, 0.717) is 16.3 Å². The first kappa shape index (κ1) is 15.8. The van der Waals surface area contributed by atoms with Gasteiger partial charge in [0, 0.05) is 18.0 Å². The van der Waals surface area contributed by atoms with Crippen molar-refractivity contribution in [2.24, 2.45) is 0 Å². The first-order chi connectivity index (χ1) is 9.90. The van der Waals surface area contributed by atoms with Crippen LogP contribution in [0.25, 0.3) is 0 Å². The fraction of sp³-hybridized carbons (Fsp3) is 0.286. The molecule has 0 aliphatic rings. The number of aliphatic hydroxyl groups is 1. The Balaban J connectivity index is 2.41. The molecule has 0 saturated heterocycles. The van der Waals surface area contributed by atoms with Crippen LogP contribution in [0, 0.1) is 6.92 Å². The van der Waals surface area contributed by atoms with Crippen LogP contribution >= 0.6 is 11.3 Å². The van der Waals surface area contributed by atoms with Crippen LogP contribution in [0.2, 0.25) is 0 Å². The third-order valence-corrected chi connectivity index (χ3v) is 6.63. The molecule has 0 aliphatic heterocycles. The molecule has 1 aromatic heterocycles. The molecule has 21 heavy (non-hydrogen) atoms. The van der Waals surface area contributed by atoms with Crippen molar-refractivity contribution < 1.29 is 18.3 Å². The lowest BCUT2D eigenvalue weighted by Gasteiger charge is -2.18. The van der Waals surface area contributed by atoms with Gasteiger partial charge in [0.15, 0.2) is 0 Å². The molecule has 114 valence electrons. The molecular formula is C14H17NO4S2. The molecule has 0 saturated carbocycles. The van der Waals surface area contributed by atoms with Crippen molar-refractivity contribution in [3.8, 4) is 5.75 Å². The van der Waals surface area contributed by atoms with E-state index in [4.69, 9.17) is 4.74 Å². The van der Waals surface area contributed by atoms with Crippen molar-refractivity contribution >= 4 is 27.0 Å². The number of hydrogen-bond acceptors (Lipinski definition) is 5. The van der Waals surface area contributed by atoms with Crippen LogP contribution in [0.15, 0.2) is 34.5 Å². The van der Waals surface area contributed by atoms with E-state index >= 15 is 0 Å². The molecule has 0 unspecified atom stereocenters. The molecule has 0 amide bonds. The van der Waals surface area contributed by atoms with E-state index in [1.165, 1.54) is 18.5 Å². The summed E-state index contributed by atoms with van der Waals surface area (Å²) in [7, 11) is -0.614. The number of thiophene rings is 1. The Morgan fingerprint density at radius 3 is 2.62 bits per heavy atom. The van der Waals surface area contributed by atoms with Gasteiger partial charge < -0.3 is 9.84 Å². The number of methoxy groups -OCH3 is 1. The van der Waals surface area contributed by atoms with Gasteiger partial charge >= 0.3 is 0 Å². The van der Waals surface area contributed by atoms with E-state index in [1.807, 2.05) is 0 Å². The van der Waals surface area contributed by atoms with Gasteiger partial charge in [0.05, 0.1) is 19.4 Å². The van der Waals surface area contributed by atoms with Crippen molar-refractivity contribution in [3.63, 3.8) is 0 Å². The number of nitrogens with zero attached hydrogens (tertiary/aromatic N) is 1. The number of aliphatic hydroxyl groups excluding tert-OH is 1. The zero-order valence-corrected chi connectivity index (χ0v) is 13.7. The zero-order chi connectivity index (χ0) is 15.6. The molecule has 5 nitrogen and oxygen atoms in total. The number of sulfonamides is 1. The van der Waals surface area contributed by atoms with Gasteiger partial charge in [0.2, 0.25) is 0 Å². The Hall–Kier alpha value is -1.57. The molecule has 0 radical (unpaired) electrons. The summed E-state index contributed by atoms with van der Waals surface area (Å²) >= 11 is 1.09. The predicted octanol–water partition coefficient (Wildman–Crippen LogP) is 2.38. The van der Waals surface area contributed by atoms with Crippen LogP contribution in [0.1, 0.15) is 10.4 Å². The molecule has 1 heterocycles. The van der Waals surface area contributed by atoms with E-state index in [2.05, 4.69) is 0 Å². The van der Waals surface area contributed by atoms with Crippen molar-refractivity contribution in [2.75, 3.05) is 18.5 Å². The number of aryl methyl sites for hydroxylation is 1. The second-order valence-electron chi connectivity index (χ2n) is 4.50. The van der Waals surface area contributed by atoms with Crippen LogP contribution in [0.4, 0.5) is 5.69 Å². The highest BCUT2D eigenvalue weighted by atomic mass is 32.2. The maximum Gasteiger partial charge on any atom is 0.273 e. The summed E-state index contributed by atoms with van der Waals surface area (Å²) in [6.45, 7) is 1.63. The highest BCUT2D eigenvalue weighted by Gasteiger charge is 2.24. The minimum atomic E-state index is -3.64. The maximum atomic E-state index is 12.6. The van der Waals surface area contributed by atoms with Gasteiger partial charge in [-0.3, -0.25) is 4.31 Å². The molecular weight excluding hydrogens is 310 g/mol. The summed E-state index contributed by atoms with van der Waals surface area (Å²) < 4.78 is 31.8. The minimum Gasteiger partial charge on any atom is -0.497 e. The maximum absolute atomic E-state index is 12.6. The number of anilines is 1. The van der Waals surface area contributed by atoms with Crippen LogP contribution in [0.3, 0.4) is 0 Å². The summed E-state index contributed by atoms with van der Waals surface area (Å²) in [4.78, 5) is 0.660. The Labute approximate surface area is 128 Å². The molecule has 1 N–H and O–H groups in total. The van der Waals surface area contributed by atoms with E-state index in [9.17, 15) is 13.5 Å². The summed E-state index contributed by atoms with van der Waals surface area (Å²) in [6.07, 6.45) is 0. The van der Waals surface area contributed by atoms with Gasteiger partial charge in [0.1, 0.15) is 9.96 Å². The average molecular weight is 327 g/mol. The van der Waals surface area contributed by atoms with Crippen molar-refractivity contribution in [1.29, 1.82) is 0 Å². The molecule has 0 bridgehead atoms. The summed E-state index contributed by atoms with van der Waals surface area (Å²) in [5, 5.41) is 9.21. The Morgan fingerprint density at radius 1 is 1.33 bits per heavy atom. The highest BCUT2D eigenvalue weighted by Crippen LogP contribution is 2.31. The summed E-state index contributed by atoms with van der Waals surface area (Å²) in [5.74, 6) is 0.591. The first-order valence-electron chi connectivity index (χ1n) is 6.23. The summed E-state index contributed by atoms with van der Waals surface area (Å²) in [5.41, 5.74) is 1.30. The molecule has 0 fully saturated rings. The van der Waals surface area contributed by atoms with E-state index in [-0.39, 0.29) is 10.8 Å². The highest BCUT2D eigenvalue weighted by molar-refractivity contribution is 7.94. The summed E-state index contributed by atoms with van der Waals surface area (Å²) in [6, 6.07) is 8.43. The molecule has 0 spiro atoms. The van der Waals surface area contributed by atoms with Crippen molar-refractivity contribution in [3.05, 3.63) is 40.8 Å². The number of benzene rings is 1. The fourth-order valence-electron chi connectivity index (χ4n) is 1.85. The van der Waals surface area contributed by atoms with Crippen molar-refractivity contribution in [1.82, 2.24) is 0 Å². The van der Waals surface area contributed by atoms with Crippen molar-refractivity contribution in [2.45, 2.75) is 17.7 Å². The SMILES string of the molecule is COc1cccc(N(C)S(=O)(=O)c2cc(C)c(CO)s2)c1. The van der Waals surface area contributed by atoms with Gasteiger partial charge in [-0.2, -0.15) is 0 Å². The van der Waals surface area contributed by atoms with Crippen LogP contribution in [-0.2, 0) is 16.6 Å². The van der Waals surface area contributed by atoms with E-state index in [1.54, 1.807) is 37.3 Å². The Kier molecular flexibility index (Phi) is 4.55. The second kappa shape index (κ2) is 6.05. The molecule has 0 atom stereocenters. The standard InChI is InChI=1S/C14H17NO4S2/c1-10-7-14(20-13(10)9-16)21(17,18)15(2)11-5-4-6-12(8-11)19-3/h4-8,16H,9H2,1-3H3. The molecule has 2 aromatic rings. The van der Waals surface area contributed by atoms with Gasteiger partial charge in [-0.1, -0.05) is 6.07 Å². The lowest BCUT2D eigenvalue weighted by atomic mass is 10.3. The molecule has 0 aliphatic carbocycles. The fourth-order valence-corrected chi connectivity index (χ4v) is 4.66. The number of hydrogen-bond donors (Lipinski definition) is 1. The van der Waals surface area contributed by atoms with Gasteiger partial charge in [0.25, 0.3) is 10.0 Å². The molecule has 1 aromatic carbocycles. The molecule has 2 rings (SSSR count). The number of ether oxygens (including phenoxy) is 1. The quantitative estimate of drug-likeness (QED) is 0.915. The topological polar surface area (TPSA) is 66.8 Å². The largest absolute Gasteiger partial charge is 0.497 e. The van der Waals surface area contributed by atoms with Gasteiger partial charge in [-0.15, -0.1) is 11.3 Å². The first-order valence-corrected chi connectivity index (χ1v) is 8.49. The zero-order valence-electron chi connectivity index (χ0n) is 12.0. The van der Waals surface area contributed by atoms with Crippen LogP contribution < -0.4 is 9.04 Å². The normalized spacial score (nSPS) is 11.4. The number of rotatable bonds is 5. The predicted molar refractivity (Wildman–Crippen MR) is 83.6 cm³/mol. The minimum absolute atomic E-state index is 0.158. The lowest BCUT2D eigenvalue weighted by Crippen LogP contribution is -2.25.